The number of carbonyl (C=O) groups excluding carboxylic acids is 3. The Balaban J connectivity index is 1.70. The van der Waals surface area contributed by atoms with Crippen LogP contribution < -0.4 is 10.2 Å². The first-order chi connectivity index (χ1) is 14.3. The molecule has 6 nitrogen and oxygen atoms in total. The minimum absolute atomic E-state index is 0.228. The Morgan fingerprint density at radius 1 is 1.00 bits per heavy atom. The van der Waals surface area contributed by atoms with E-state index < -0.39 is 17.8 Å². The van der Waals surface area contributed by atoms with Crippen molar-refractivity contribution < 1.29 is 18.8 Å². The summed E-state index contributed by atoms with van der Waals surface area (Å²) in [6.07, 6.45) is 1.29. The van der Waals surface area contributed by atoms with E-state index in [1.54, 1.807) is 48.5 Å². The molecule has 0 unspecified atom stereocenters. The normalized spacial score (nSPS) is 15.6. The van der Waals surface area contributed by atoms with Gasteiger partial charge in [0.1, 0.15) is 17.1 Å². The van der Waals surface area contributed by atoms with Gasteiger partial charge in [-0.25, -0.2) is 9.69 Å². The Morgan fingerprint density at radius 2 is 1.80 bits per heavy atom. The number of amides is 4. The SMILES string of the molecule is Cc1cccc(N2C(=O)NC(=O)/C(=C\c3ccc(-c4cc(Cl)ccc4Cl)o3)C2=O)c1. The van der Waals surface area contributed by atoms with Crippen LogP contribution in [0.4, 0.5) is 10.5 Å². The molecule has 1 N–H and O–H groups in total. The average Bonchev–Trinajstić information content (AvgIpc) is 3.15. The van der Waals surface area contributed by atoms with Crippen LogP contribution in [-0.2, 0) is 9.59 Å². The van der Waals surface area contributed by atoms with Gasteiger partial charge in [0.25, 0.3) is 11.8 Å². The second-order valence-corrected chi connectivity index (χ2v) is 7.47. The summed E-state index contributed by atoms with van der Waals surface area (Å²) in [5, 5.41) is 3.11. The van der Waals surface area contributed by atoms with Crippen molar-refractivity contribution >= 4 is 52.8 Å². The molecule has 30 heavy (non-hydrogen) atoms. The molecule has 3 aromatic rings. The standard InChI is InChI=1S/C22H14Cl2N2O4/c1-12-3-2-4-14(9-12)26-21(28)17(20(27)25-22(26)29)11-15-6-8-19(30-15)16-10-13(23)5-7-18(16)24/h2-11H,1H3,(H,25,27,29)/b17-11+. The fraction of sp³-hybridized carbons (Fsp3) is 0.0455. The lowest BCUT2D eigenvalue weighted by Gasteiger charge is -2.26. The zero-order valence-corrected chi connectivity index (χ0v) is 17.1. The lowest BCUT2D eigenvalue weighted by molar-refractivity contribution is -0.122. The van der Waals surface area contributed by atoms with Gasteiger partial charge < -0.3 is 4.42 Å². The van der Waals surface area contributed by atoms with E-state index in [4.69, 9.17) is 27.6 Å². The smallest absolute Gasteiger partial charge is 0.335 e. The fourth-order valence-corrected chi connectivity index (χ4v) is 3.45. The van der Waals surface area contributed by atoms with Gasteiger partial charge in [0.15, 0.2) is 0 Å². The molecule has 1 aromatic heterocycles. The first-order valence-corrected chi connectivity index (χ1v) is 9.62. The number of benzene rings is 2. The van der Waals surface area contributed by atoms with Gasteiger partial charge in [-0.2, -0.15) is 0 Å². The van der Waals surface area contributed by atoms with Crippen molar-refractivity contribution in [2.45, 2.75) is 6.92 Å². The molecule has 1 fully saturated rings. The molecule has 8 heteroatoms. The summed E-state index contributed by atoms with van der Waals surface area (Å²) < 4.78 is 5.74. The maximum atomic E-state index is 12.9. The number of halogens is 2. The predicted molar refractivity (Wildman–Crippen MR) is 114 cm³/mol. The molecule has 4 amide bonds. The lowest BCUT2D eigenvalue weighted by atomic mass is 10.1. The number of anilines is 1. The van der Waals surface area contributed by atoms with Crippen LogP contribution in [0.3, 0.4) is 0 Å². The van der Waals surface area contributed by atoms with Crippen molar-refractivity contribution in [2.24, 2.45) is 0 Å². The number of rotatable bonds is 3. The number of carbonyl (C=O) groups is 3. The highest BCUT2D eigenvalue weighted by atomic mass is 35.5. The highest BCUT2D eigenvalue weighted by Crippen LogP contribution is 2.32. The number of hydrogen-bond donors (Lipinski definition) is 1. The van der Waals surface area contributed by atoms with Gasteiger partial charge in [0.05, 0.1) is 10.7 Å². The number of imide groups is 2. The second kappa shape index (κ2) is 7.82. The maximum Gasteiger partial charge on any atom is 0.335 e. The Bertz CT molecular complexity index is 1230. The number of urea groups is 1. The molecule has 2 aromatic carbocycles. The molecule has 0 bridgehead atoms. The third-order valence-electron chi connectivity index (χ3n) is 4.47. The van der Waals surface area contributed by atoms with E-state index in [1.807, 2.05) is 13.0 Å². The zero-order valence-electron chi connectivity index (χ0n) is 15.6. The van der Waals surface area contributed by atoms with Crippen LogP contribution in [0.2, 0.25) is 10.0 Å². The van der Waals surface area contributed by atoms with Crippen molar-refractivity contribution in [3.63, 3.8) is 0 Å². The summed E-state index contributed by atoms with van der Waals surface area (Å²) in [6.45, 7) is 1.84. The molecule has 1 saturated heterocycles. The lowest BCUT2D eigenvalue weighted by Crippen LogP contribution is -2.54. The van der Waals surface area contributed by atoms with Gasteiger partial charge in [-0.15, -0.1) is 0 Å². The number of nitrogens with zero attached hydrogens (tertiary/aromatic N) is 1. The molecule has 2 heterocycles. The van der Waals surface area contributed by atoms with Crippen LogP contribution in [-0.4, -0.2) is 17.8 Å². The molecule has 0 spiro atoms. The van der Waals surface area contributed by atoms with E-state index in [9.17, 15) is 14.4 Å². The first-order valence-electron chi connectivity index (χ1n) is 8.87. The Hall–Kier alpha value is -3.35. The van der Waals surface area contributed by atoms with E-state index in [1.165, 1.54) is 6.08 Å². The molecule has 0 saturated carbocycles. The van der Waals surface area contributed by atoms with Crippen LogP contribution in [0.25, 0.3) is 17.4 Å². The molecule has 1 aliphatic heterocycles. The molecular weight excluding hydrogens is 427 g/mol. The highest BCUT2D eigenvalue weighted by Gasteiger charge is 2.37. The van der Waals surface area contributed by atoms with E-state index in [2.05, 4.69) is 5.32 Å². The number of furan rings is 1. The van der Waals surface area contributed by atoms with Crippen molar-refractivity contribution in [2.75, 3.05) is 4.90 Å². The van der Waals surface area contributed by atoms with E-state index in [-0.39, 0.29) is 11.3 Å². The fourth-order valence-electron chi connectivity index (χ4n) is 3.06. The summed E-state index contributed by atoms with van der Waals surface area (Å²) in [7, 11) is 0. The molecule has 0 aliphatic carbocycles. The van der Waals surface area contributed by atoms with Crippen LogP contribution >= 0.6 is 23.2 Å². The first kappa shape index (κ1) is 19.9. The summed E-state index contributed by atoms with van der Waals surface area (Å²) >= 11 is 12.2. The van der Waals surface area contributed by atoms with Crippen molar-refractivity contribution in [3.05, 3.63) is 81.5 Å². The largest absolute Gasteiger partial charge is 0.457 e. The highest BCUT2D eigenvalue weighted by molar-refractivity contribution is 6.39. The van der Waals surface area contributed by atoms with Gasteiger partial charge >= 0.3 is 6.03 Å². The minimum Gasteiger partial charge on any atom is -0.457 e. The van der Waals surface area contributed by atoms with Crippen LogP contribution in [0.1, 0.15) is 11.3 Å². The molecule has 1 aliphatic rings. The number of barbiturate groups is 1. The summed E-state index contributed by atoms with van der Waals surface area (Å²) in [6, 6.07) is 14.2. The van der Waals surface area contributed by atoms with Crippen molar-refractivity contribution in [1.82, 2.24) is 5.32 Å². The Kier molecular flexibility index (Phi) is 5.20. The van der Waals surface area contributed by atoms with Crippen LogP contribution in [0, 0.1) is 6.92 Å². The Morgan fingerprint density at radius 3 is 2.57 bits per heavy atom. The Labute approximate surface area is 181 Å². The molecule has 150 valence electrons. The third-order valence-corrected chi connectivity index (χ3v) is 5.03. The number of nitrogens with one attached hydrogen (secondary N) is 1. The average molecular weight is 441 g/mol. The predicted octanol–water partition coefficient (Wildman–Crippen LogP) is 5.23. The number of aryl methyl sites for hydroxylation is 1. The van der Waals surface area contributed by atoms with Crippen LogP contribution in [0.15, 0.2) is 64.6 Å². The van der Waals surface area contributed by atoms with Gasteiger partial charge in [-0.3, -0.25) is 14.9 Å². The van der Waals surface area contributed by atoms with Gasteiger partial charge in [0.2, 0.25) is 0 Å². The maximum absolute atomic E-state index is 12.9. The quantitative estimate of drug-likeness (QED) is 0.446. The van der Waals surface area contributed by atoms with Gasteiger partial charge in [0, 0.05) is 10.6 Å². The molecule has 0 radical (unpaired) electrons. The minimum atomic E-state index is -0.807. The van der Waals surface area contributed by atoms with E-state index in [0.717, 1.165) is 10.5 Å². The van der Waals surface area contributed by atoms with Gasteiger partial charge in [-0.05, 0) is 61.0 Å². The van der Waals surface area contributed by atoms with E-state index in [0.29, 0.717) is 27.1 Å². The molecule has 4 rings (SSSR count). The molecule has 0 atom stereocenters. The van der Waals surface area contributed by atoms with Crippen LogP contribution in [0.5, 0.6) is 0 Å². The number of hydrogen-bond acceptors (Lipinski definition) is 4. The third kappa shape index (κ3) is 3.75. The summed E-state index contributed by atoms with van der Waals surface area (Å²) in [5.74, 6) is -0.872. The van der Waals surface area contributed by atoms with Crippen molar-refractivity contribution in [3.8, 4) is 11.3 Å². The summed E-state index contributed by atoms with van der Waals surface area (Å²) in [4.78, 5) is 38.4. The monoisotopic (exact) mass is 440 g/mol. The molecular formula is C22H14Cl2N2O4. The van der Waals surface area contributed by atoms with Crippen molar-refractivity contribution in [1.29, 1.82) is 0 Å². The zero-order chi connectivity index (χ0) is 21.4. The topological polar surface area (TPSA) is 79.6 Å². The van der Waals surface area contributed by atoms with E-state index >= 15 is 0 Å². The summed E-state index contributed by atoms with van der Waals surface area (Å²) in [5.41, 5.74) is 1.57. The second-order valence-electron chi connectivity index (χ2n) is 6.62. The van der Waals surface area contributed by atoms with Gasteiger partial charge in [-0.1, -0.05) is 35.3 Å².